The molecule has 1 heterocycles. The molecule has 0 unspecified atom stereocenters. The van der Waals surface area contributed by atoms with Crippen LogP contribution >= 0.6 is 11.8 Å². The van der Waals surface area contributed by atoms with Crippen molar-refractivity contribution in [2.24, 2.45) is 0 Å². The van der Waals surface area contributed by atoms with E-state index in [9.17, 15) is 4.79 Å². The lowest BCUT2D eigenvalue weighted by atomic mass is 10.7. The van der Waals surface area contributed by atoms with Crippen molar-refractivity contribution in [3.63, 3.8) is 0 Å². The van der Waals surface area contributed by atoms with Gasteiger partial charge in [-0.3, -0.25) is 4.98 Å². The van der Waals surface area contributed by atoms with E-state index in [-0.39, 0.29) is 18.8 Å². The second-order valence-corrected chi connectivity index (χ2v) is 2.68. The van der Waals surface area contributed by atoms with Crippen LogP contribution in [0.1, 0.15) is 0 Å². The van der Waals surface area contributed by atoms with Crippen molar-refractivity contribution in [3.05, 3.63) is 10.5 Å². The number of nitrogens with zero attached hydrogens (tertiary/aromatic N) is 2. The molecule has 1 aromatic rings. The molecule has 0 aliphatic rings. The Balaban J connectivity index is 2.88. The summed E-state index contributed by atoms with van der Waals surface area (Å²) < 4.78 is 1.20. The maximum absolute atomic E-state index is 10.9. The number of hydrogen-bond acceptors (Lipinski definition) is 4. The van der Waals surface area contributed by atoms with Gasteiger partial charge in [-0.15, -0.1) is 5.10 Å². The Morgan fingerprint density at radius 3 is 3.00 bits per heavy atom. The molecular formula is C5H9N3O2S. The first-order chi connectivity index (χ1) is 5.27. The van der Waals surface area contributed by atoms with Crippen LogP contribution in [0.15, 0.2) is 9.95 Å². The van der Waals surface area contributed by atoms with Crippen LogP contribution in [-0.4, -0.2) is 32.7 Å². The molecule has 0 bridgehead atoms. The van der Waals surface area contributed by atoms with Gasteiger partial charge in [0.2, 0.25) is 0 Å². The second-order valence-electron chi connectivity index (χ2n) is 1.89. The zero-order valence-corrected chi connectivity index (χ0v) is 6.89. The highest BCUT2D eigenvalue weighted by atomic mass is 32.2. The lowest BCUT2D eigenvalue weighted by Gasteiger charge is -1.91. The molecule has 0 aliphatic carbocycles. The summed E-state index contributed by atoms with van der Waals surface area (Å²) in [6, 6.07) is 0. The predicted molar refractivity (Wildman–Crippen MR) is 41.7 cm³/mol. The molecule has 11 heavy (non-hydrogen) atoms. The number of rotatable bonds is 3. The smallest absolute Gasteiger partial charge is 0.344 e. The summed E-state index contributed by atoms with van der Waals surface area (Å²) in [6.45, 7) is 0.175. The molecule has 0 saturated heterocycles. The van der Waals surface area contributed by atoms with Gasteiger partial charge in [0.15, 0.2) is 5.16 Å². The van der Waals surface area contributed by atoms with E-state index < -0.39 is 0 Å². The number of aliphatic hydroxyl groups excluding tert-OH is 1. The van der Waals surface area contributed by atoms with Gasteiger partial charge in [-0.25, -0.2) is 9.48 Å². The van der Waals surface area contributed by atoms with E-state index in [1.807, 2.05) is 6.26 Å². The van der Waals surface area contributed by atoms with Gasteiger partial charge in [-0.05, 0) is 6.26 Å². The number of aromatic amines is 1. The molecule has 0 atom stereocenters. The molecular weight excluding hydrogens is 166 g/mol. The zero-order valence-electron chi connectivity index (χ0n) is 6.07. The molecule has 0 radical (unpaired) electrons. The Kier molecular flexibility index (Phi) is 2.72. The molecule has 6 heteroatoms. The Labute approximate surface area is 67.4 Å². The van der Waals surface area contributed by atoms with Crippen molar-refractivity contribution in [1.29, 1.82) is 0 Å². The standard InChI is InChI=1S/C5H9N3O2S/c1-11-4-6-5(10)8(7-4)2-3-9/h9H,2-3H2,1H3,(H,6,7,10). The first-order valence-corrected chi connectivity index (χ1v) is 4.32. The van der Waals surface area contributed by atoms with Crippen molar-refractivity contribution < 1.29 is 5.11 Å². The fraction of sp³-hybridized carbons (Fsp3) is 0.600. The monoisotopic (exact) mass is 175 g/mol. The van der Waals surface area contributed by atoms with E-state index in [0.717, 1.165) is 0 Å². The van der Waals surface area contributed by atoms with Gasteiger partial charge in [-0.1, -0.05) is 11.8 Å². The van der Waals surface area contributed by atoms with E-state index in [0.29, 0.717) is 5.16 Å². The van der Waals surface area contributed by atoms with E-state index in [4.69, 9.17) is 5.11 Å². The molecule has 0 amide bonds. The minimum atomic E-state index is -0.275. The number of nitrogens with one attached hydrogen (secondary N) is 1. The number of hydrogen-bond donors (Lipinski definition) is 2. The highest BCUT2D eigenvalue weighted by molar-refractivity contribution is 7.98. The average Bonchev–Trinajstić information content (AvgIpc) is 2.33. The van der Waals surface area contributed by atoms with Crippen LogP contribution in [-0.2, 0) is 6.54 Å². The number of H-pyrrole nitrogens is 1. The van der Waals surface area contributed by atoms with Crippen molar-refractivity contribution in [2.75, 3.05) is 12.9 Å². The normalized spacial score (nSPS) is 10.4. The topological polar surface area (TPSA) is 70.9 Å². The highest BCUT2D eigenvalue weighted by Gasteiger charge is 2.01. The van der Waals surface area contributed by atoms with Crippen LogP contribution in [0.25, 0.3) is 0 Å². The summed E-state index contributed by atoms with van der Waals surface area (Å²) in [5.74, 6) is 0. The quantitative estimate of drug-likeness (QED) is 0.595. The minimum absolute atomic E-state index is 0.0709. The number of aliphatic hydroxyl groups is 1. The molecule has 1 rings (SSSR count). The van der Waals surface area contributed by atoms with Gasteiger partial charge in [0.25, 0.3) is 0 Å². The van der Waals surface area contributed by atoms with E-state index in [2.05, 4.69) is 10.1 Å². The molecule has 0 saturated carbocycles. The molecule has 0 spiro atoms. The summed E-state index contributed by atoms with van der Waals surface area (Å²) in [4.78, 5) is 13.4. The van der Waals surface area contributed by atoms with Crippen LogP contribution < -0.4 is 5.69 Å². The lowest BCUT2D eigenvalue weighted by Crippen LogP contribution is -2.19. The molecule has 0 aromatic carbocycles. The summed E-state index contributed by atoms with van der Waals surface area (Å²) in [5, 5.41) is 12.9. The van der Waals surface area contributed by atoms with E-state index >= 15 is 0 Å². The molecule has 1 aromatic heterocycles. The van der Waals surface area contributed by atoms with Gasteiger partial charge >= 0.3 is 5.69 Å². The highest BCUT2D eigenvalue weighted by Crippen LogP contribution is 2.02. The SMILES string of the molecule is CSc1nn(CCO)c(=O)[nH]1. The molecule has 2 N–H and O–H groups in total. The first-order valence-electron chi connectivity index (χ1n) is 3.10. The van der Waals surface area contributed by atoms with Crippen molar-refractivity contribution >= 4 is 11.8 Å². The number of aromatic nitrogens is 3. The maximum Gasteiger partial charge on any atom is 0.344 e. The van der Waals surface area contributed by atoms with Crippen LogP contribution in [0.2, 0.25) is 0 Å². The summed E-state index contributed by atoms with van der Waals surface area (Å²) in [5.41, 5.74) is -0.275. The Hall–Kier alpha value is -0.750. The lowest BCUT2D eigenvalue weighted by molar-refractivity contribution is 0.266. The van der Waals surface area contributed by atoms with Crippen LogP contribution in [0.4, 0.5) is 0 Å². The van der Waals surface area contributed by atoms with Gasteiger partial charge < -0.3 is 5.11 Å². The van der Waals surface area contributed by atoms with Gasteiger partial charge in [0, 0.05) is 0 Å². The van der Waals surface area contributed by atoms with Crippen LogP contribution in [0.5, 0.6) is 0 Å². The third-order valence-corrected chi connectivity index (χ3v) is 1.74. The molecule has 62 valence electrons. The third kappa shape index (κ3) is 1.84. The van der Waals surface area contributed by atoms with Crippen molar-refractivity contribution in [1.82, 2.24) is 14.8 Å². The summed E-state index contributed by atoms with van der Waals surface area (Å²) in [6.07, 6.45) is 1.82. The summed E-state index contributed by atoms with van der Waals surface area (Å²) >= 11 is 1.36. The molecule has 0 aliphatic heterocycles. The van der Waals surface area contributed by atoms with Crippen molar-refractivity contribution in [3.8, 4) is 0 Å². The fourth-order valence-electron chi connectivity index (χ4n) is 0.674. The van der Waals surface area contributed by atoms with Gasteiger partial charge in [-0.2, -0.15) is 0 Å². The Morgan fingerprint density at radius 2 is 2.55 bits per heavy atom. The Morgan fingerprint density at radius 1 is 1.82 bits per heavy atom. The third-order valence-electron chi connectivity index (χ3n) is 1.16. The fourth-order valence-corrected chi connectivity index (χ4v) is 1.04. The second kappa shape index (κ2) is 3.59. The number of thioether (sulfide) groups is 1. The van der Waals surface area contributed by atoms with Crippen LogP contribution in [0, 0.1) is 0 Å². The maximum atomic E-state index is 10.9. The zero-order chi connectivity index (χ0) is 8.27. The van der Waals surface area contributed by atoms with E-state index in [1.165, 1.54) is 16.4 Å². The first kappa shape index (κ1) is 8.35. The molecule has 5 nitrogen and oxygen atoms in total. The van der Waals surface area contributed by atoms with Gasteiger partial charge in [0.05, 0.1) is 13.2 Å². The van der Waals surface area contributed by atoms with E-state index in [1.54, 1.807) is 0 Å². The summed E-state index contributed by atoms with van der Waals surface area (Å²) in [7, 11) is 0. The van der Waals surface area contributed by atoms with Crippen molar-refractivity contribution in [2.45, 2.75) is 11.7 Å². The average molecular weight is 175 g/mol. The van der Waals surface area contributed by atoms with Crippen LogP contribution in [0.3, 0.4) is 0 Å². The largest absolute Gasteiger partial charge is 0.394 e. The predicted octanol–water partition coefficient (Wildman–Crippen LogP) is -0.714. The molecule has 0 fully saturated rings. The Bertz CT molecular complexity index is 280. The van der Waals surface area contributed by atoms with Gasteiger partial charge in [0.1, 0.15) is 0 Å². The minimum Gasteiger partial charge on any atom is -0.394 e.